The van der Waals surface area contributed by atoms with E-state index in [1.165, 1.54) is 4.90 Å². The van der Waals surface area contributed by atoms with Crippen LogP contribution in [0.2, 0.25) is 0 Å². The van der Waals surface area contributed by atoms with E-state index < -0.39 is 24.2 Å². The van der Waals surface area contributed by atoms with Crippen molar-refractivity contribution in [3.63, 3.8) is 0 Å². The van der Waals surface area contributed by atoms with Crippen molar-refractivity contribution in [3.05, 3.63) is 35.9 Å². The van der Waals surface area contributed by atoms with Crippen LogP contribution in [0.25, 0.3) is 0 Å². The van der Waals surface area contributed by atoms with Crippen LogP contribution in [0.15, 0.2) is 30.3 Å². The smallest absolute Gasteiger partial charge is 0.245 e. The van der Waals surface area contributed by atoms with Crippen LogP contribution < -0.4 is 5.32 Å². The number of carbonyl (C=O) groups is 2. The van der Waals surface area contributed by atoms with E-state index in [1.807, 2.05) is 37.3 Å². The number of hydrogen-bond acceptors (Lipinski definition) is 4. The van der Waals surface area contributed by atoms with Crippen molar-refractivity contribution >= 4 is 11.8 Å². The first kappa shape index (κ1) is 16.5. The molecule has 0 radical (unpaired) electrons. The predicted octanol–water partition coefficient (Wildman–Crippen LogP) is 0.0355. The van der Waals surface area contributed by atoms with Gasteiger partial charge < -0.3 is 20.4 Å². The summed E-state index contributed by atoms with van der Waals surface area (Å²) in [4.78, 5) is 25.6. The molecule has 1 aliphatic heterocycles. The van der Waals surface area contributed by atoms with Gasteiger partial charge in [-0.3, -0.25) is 9.59 Å². The van der Waals surface area contributed by atoms with E-state index in [0.29, 0.717) is 19.4 Å². The molecule has 1 fully saturated rings. The topological polar surface area (TPSA) is 89.9 Å². The third-order valence-electron chi connectivity index (χ3n) is 3.80. The standard InChI is InChI=1S/C16H22N2O4/c1-2-6-13(20)18-10-12(19)15(21)14(18)16(22)17-9-11-7-4-3-5-8-11/h3-5,7-8,12,14-15,19,21H,2,6,9-10H2,1H3,(H,17,22)/t12-,14?,15+/m0/s1. The third kappa shape index (κ3) is 3.64. The number of nitrogens with zero attached hydrogens (tertiary/aromatic N) is 1. The summed E-state index contributed by atoms with van der Waals surface area (Å²) in [5.74, 6) is -0.671. The summed E-state index contributed by atoms with van der Waals surface area (Å²) in [5, 5.41) is 22.5. The van der Waals surface area contributed by atoms with E-state index in [9.17, 15) is 19.8 Å². The SMILES string of the molecule is CCCC(=O)N1C[C@H](O)[C@@H](O)C1C(=O)NCc1ccccc1. The summed E-state index contributed by atoms with van der Waals surface area (Å²) in [6.45, 7) is 2.17. The molecule has 0 bridgehead atoms. The van der Waals surface area contributed by atoms with Gasteiger partial charge in [0.25, 0.3) is 0 Å². The van der Waals surface area contributed by atoms with Crippen LogP contribution in [0.3, 0.4) is 0 Å². The predicted molar refractivity (Wildman–Crippen MR) is 80.7 cm³/mol. The molecule has 2 amide bonds. The van der Waals surface area contributed by atoms with Gasteiger partial charge in [-0.1, -0.05) is 37.3 Å². The third-order valence-corrected chi connectivity index (χ3v) is 3.80. The maximum atomic E-state index is 12.3. The van der Waals surface area contributed by atoms with Gasteiger partial charge in [-0.25, -0.2) is 0 Å². The van der Waals surface area contributed by atoms with Crippen LogP contribution >= 0.6 is 0 Å². The Morgan fingerprint density at radius 1 is 1.27 bits per heavy atom. The Labute approximate surface area is 129 Å². The number of carbonyl (C=O) groups excluding carboxylic acids is 2. The van der Waals surface area contributed by atoms with Gasteiger partial charge in [0.2, 0.25) is 11.8 Å². The molecule has 1 aromatic rings. The van der Waals surface area contributed by atoms with Gasteiger partial charge in [0, 0.05) is 13.0 Å². The zero-order valence-electron chi connectivity index (χ0n) is 12.6. The van der Waals surface area contributed by atoms with Crippen molar-refractivity contribution in [1.29, 1.82) is 0 Å². The molecule has 6 nitrogen and oxygen atoms in total. The van der Waals surface area contributed by atoms with Crippen molar-refractivity contribution in [3.8, 4) is 0 Å². The molecule has 2 rings (SSSR count). The van der Waals surface area contributed by atoms with E-state index in [4.69, 9.17) is 0 Å². The molecule has 6 heteroatoms. The van der Waals surface area contributed by atoms with Crippen LogP contribution in [0.5, 0.6) is 0 Å². The molecule has 1 aliphatic rings. The minimum atomic E-state index is -1.25. The molecule has 0 saturated carbocycles. The van der Waals surface area contributed by atoms with Crippen molar-refractivity contribution in [2.75, 3.05) is 6.54 Å². The molecule has 3 N–H and O–H groups in total. The maximum absolute atomic E-state index is 12.3. The fraction of sp³-hybridized carbons (Fsp3) is 0.500. The number of amides is 2. The first-order chi connectivity index (χ1) is 10.5. The van der Waals surface area contributed by atoms with Crippen LogP contribution in [0.4, 0.5) is 0 Å². The molecular weight excluding hydrogens is 284 g/mol. The van der Waals surface area contributed by atoms with Gasteiger partial charge in [0.05, 0.1) is 12.6 Å². The number of likely N-dealkylation sites (tertiary alicyclic amines) is 1. The Morgan fingerprint density at radius 2 is 1.95 bits per heavy atom. The molecule has 1 heterocycles. The second-order valence-electron chi connectivity index (χ2n) is 5.50. The zero-order valence-corrected chi connectivity index (χ0v) is 12.6. The van der Waals surface area contributed by atoms with Crippen molar-refractivity contribution in [1.82, 2.24) is 10.2 Å². The molecule has 0 aliphatic carbocycles. The normalized spacial score (nSPS) is 24.3. The quantitative estimate of drug-likeness (QED) is 0.716. The number of rotatable bonds is 5. The Kier molecular flexibility index (Phi) is 5.51. The highest BCUT2D eigenvalue weighted by Gasteiger charge is 2.45. The first-order valence-electron chi connectivity index (χ1n) is 7.51. The summed E-state index contributed by atoms with van der Waals surface area (Å²) in [5.41, 5.74) is 0.926. The molecular formula is C16H22N2O4. The number of benzene rings is 1. The monoisotopic (exact) mass is 306 g/mol. The molecule has 120 valence electrons. The zero-order chi connectivity index (χ0) is 16.1. The second-order valence-corrected chi connectivity index (χ2v) is 5.50. The minimum absolute atomic E-state index is 0.0105. The Bertz CT molecular complexity index is 520. The van der Waals surface area contributed by atoms with E-state index in [1.54, 1.807) is 0 Å². The summed E-state index contributed by atoms with van der Waals surface area (Å²) >= 11 is 0. The molecule has 3 atom stereocenters. The van der Waals surface area contributed by atoms with Crippen LogP contribution in [-0.4, -0.2) is 51.7 Å². The molecule has 1 saturated heterocycles. The number of hydrogen-bond donors (Lipinski definition) is 3. The van der Waals surface area contributed by atoms with Gasteiger partial charge in [0.15, 0.2) is 0 Å². The molecule has 1 unspecified atom stereocenters. The fourth-order valence-electron chi connectivity index (χ4n) is 2.62. The van der Waals surface area contributed by atoms with Crippen molar-refractivity contribution < 1.29 is 19.8 Å². The largest absolute Gasteiger partial charge is 0.388 e. The highest BCUT2D eigenvalue weighted by Crippen LogP contribution is 2.20. The molecule has 0 spiro atoms. The van der Waals surface area contributed by atoms with Gasteiger partial charge in [-0.05, 0) is 12.0 Å². The number of aliphatic hydroxyl groups excluding tert-OH is 2. The maximum Gasteiger partial charge on any atom is 0.245 e. The average molecular weight is 306 g/mol. The number of aliphatic hydroxyl groups is 2. The van der Waals surface area contributed by atoms with Crippen LogP contribution in [0.1, 0.15) is 25.3 Å². The van der Waals surface area contributed by atoms with Gasteiger partial charge in [-0.2, -0.15) is 0 Å². The summed E-state index contributed by atoms with van der Waals surface area (Å²) in [6.07, 6.45) is -1.40. The Balaban J connectivity index is 2.03. The van der Waals surface area contributed by atoms with Crippen molar-refractivity contribution in [2.45, 2.75) is 44.6 Å². The highest BCUT2D eigenvalue weighted by atomic mass is 16.3. The number of β-amino-alcohol motifs (C(OH)–C–C–N with tert-alkyl or cyclic N) is 1. The lowest BCUT2D eigenvalue weighted by molar-refractivity contribution is -0.140. The van der Waals surface area contributed by atoms with Gasteiger partial charge in [-0.15, -0.1) is 0 Å². The lowest BCUT2D eigenvalue weighted by Crippen LogP contribution is -2.50. The van der Waals surface area contributed by atoms with Crippen LogP contribution in [0, 0.1) is 0 Å². The molecule has 1 aromatic carbocycles. The Morgan fingerprint density at radius 3 is 2.59 bits per heavy atom. The molecule has 0 aromatic heterocycles. The highest BCUT2D eigenvalue weighted by molar-refractivity contribution is 5.89. The van der Waals surface area contributed by atoms with Gasteiger partial charge >= 0.3 is 0 Å². The number of nitrogens with one attached hydrogen (secondary N) is 1. The summed E-state index contributed by atoms with van der Waals surface area (Å²) in [6, 6.07) is 8.34. The second kappa shape index (κ2) is 7.38. The lowest BCUT2D eigenvalue weighted by atomic mass is 10.1. The summed E-state index contributed by atoms with van der Waals surface area (Å²) in [7, 11) is 0. The first-order valence-corrected chi connectivity index (χ1v) is 7.51. The minimum Gasteiger partial charge on any atom is -0.388 e. The van der Waals surface area contributed by atoms with E-state index >= 15 is 0 Å². The Hall–Kier alpha value is -1.92. The van der Waals surface area contributed by atoms with Gasteiger partial charge in [0.1, 0.15) is 12.1 Å². The van der Waals surface area contributed by atoms with E-state index in [2.05, 4.69) is 5.32 Å². The van der Waals surface area contributed by atoms with E-state index in [-0.39, 0.29) is 12.5 Å². The summed E-state index contributed by atoms with van der Waals surface area (Å²) < 4.78 is 0. The lowest BCUT2D eigenvalue weighted by Gasteiger charge is -2.25. The van der Waals surface area contributed by atoms with E-state index in [0.717, 1.165) is 5.56 Å². The molecule has 22 heavy (non-hydrogen) atoms. The van der Waals surface area contributed by atoms with Crippen LogP contribution in [-0.2, 0) is 16.1 Å². The fourth-order valence-corrected chi connectivity index (χ4v) is 2.62. The van der Waals surface area contributed by atoms with Crippen molar-refractivity contribution in [2.24, 2.45) is 0 Å². The average Bonchev–Trinajstić information content (AvgIpc) is 2.82.